The highest BCUT2D eigenvalue weighted by atomic mass is 32.1. The first-order valence-corrected chi connectivity index (χ1v) is 8.05. The average molecular weight is 297 g/mol. The molecular weight excluding hydrogens is 278 g/mol. The van der Waals surface area contributed by atoms with Crippen molar-refractivity contribution in [2.24, 2.45) is 0 Å². The topological polar surface area (TPSA) is 21.3 Å². The quantitative estimate of drug-likeness (QED) is 0.742. The lowest BCUT2D eigenvalue weighted by atomic mass is 9.97. The van der Waals surface area contributed by atoms with Crippen LogP contribution in [0.3, 0.4) is 0 Å². The molecule has 1 unspecified atom stereocenters. The van der Waals surface area contributed by atoms with Crippen molar-refractivity contribution in [1.29, 1.82) is 0 Å². The highest BCUT2D eigenvalue weighted by molar-refractivity contribution is 7.10. The minimum atomic E-state index is 0.204. The predicted molar refractivity (Wildman–Crippen MR) is 90.3 cm³/mol. The molecule has 0 saturated carbocycles. The molecule has 3 heteroatoms. The third-order valence-corrected chi connectivity index (χ3v) is 4.63. The molecule has 0 spiro atoms. The molecule has 0 bridgehead atoms. The van der Waals surface area contributed by atoms with Gasteiger partial charge in [-0.1, -0.05) is 49.4 Å². The number of hydrogen-bond donors (Lipinski definition) is 1. The van der Waals surface area contributed by atoms with E-state index in [-0.39, 0.29) is 6.04 Å². The Kier molecular flexibility index (Phi) is 4.23. The fourth-order valence-electron chi connectivity index (χ4n) is 2.66. The molecule has 0 aliphatic carbocycles. The van der Waals surface area contributed by atoms with Gasteiger partial charge in [-0.25, -0.2) is 0 Å². The van der Waals surface area contributed by atoms with Crippen LogP contribution in [-0.4, -0.2) is 13.7 Å². The van der Waals surface area contributed by atoms with Gasteiger partial charge in [0.25, 0.3) is 0 Å². The molecule has 0 fully saturated rings. The summed E-state index contributed by atoms with van der Waals surface area (Å²) in [4.78, 5) is 1.28. The molecule has 3 rings (SSSR count). The molecule has 0 saturated heterocycles. The summed E-state index contributed by atoms with van der Waals surface area (Å²) < 4.78 is 5.33. The first-order valence-electron chi connectivity index (χ1n) is 7.17. The van der Waals surface area contributed by atoms with Crippen LogP contribution in [0.25, 0.3) is 10.8 Å². The normalized spacial score (nSPS) is 12.5. The summed E-state index contributed by atoms with van der Waals surface area (Å²) in [6, 6.07) is 17.4. The van der Waals surface area contributed by atoms with Gasteiger partial charge < -0.3 is 10.1 Å². The zero-order valence-electron chi connectivity index (χ0n) is 12.3. The molecule has 3 aromatic rings. The number of hydrogen-bond acceptors (Lipinski definition) is 3. The van der Waals surface area contributed by atoms with Gasteiger partial charge in [0, 0.05) is 10.3 Å². The molecule has 0 aliphatic heterocycles. The number of rotatable bonds is 5. The SMILES string of the molecule is CCNC(c1cc(OC)cs1)c1cccc2ccccc12. The van der Waals surface area contributed by atoms with Crippen molar-refractivity contribution in [3.63, 3.8) is 0 Å². The standard InChI is InChI=1S/C18H19NOS/c1-3-19-18(17-11-14(20-2)12-21-17)16-10-6-8-13-7-4-5-9-15(13)16/h4-12,18-19H,3H2,1-2H3. The second-order valence-corrected chi connectivity index (χ2v) is 5.89. The molecule has 108 valence electrons. The maximum absolute atomic E-state index is 5.33. The van der Waals surface area contributed by atoms with Gasteiger partial charge in [0.1, 0.15) is 5.75 Å². The second-order valence-electron chi connectivity index (χ2n) is 4.95. The van der Waals surface area contributed by atoms with Crippen LogP contribution in [0.2, 0.25) is 0 Å². The van der Waals surface area contributed by atoms with Crippen molar-refractivity contribution in [1.82, 2.24) is 5.32 Å². The first-order chi connectivity index (χ1) is 10.3. The van der Waals surface area contributed by atoms with Crippen molar-refractivity contribution < 1.29 is 4.74 Å². The molecule has 0 amide bonds. The Morgan fingerprint density at radius 3 is 2.71 bits per heavy atom. The van der Waals surface area contributed by atoms with E-state index >= 15 is 0 Å². The average Bonchev–Trinajstić information content (AvgIpc) is 3.01. The molecule has 0 aliphatic rings. The van der Waals surface area contributed by atoms with Crippen molar-refractivity contribution in [2.75, 3.05) is 13.7 Å². The third-order valence-electron chi connectivity index (χ3n) is 3.66. The predicted octanol–water partition coefficient (Wildman–Crippen LogP) is 4.61. The van der Waals surface area contributed by atoms with Crippen LogP contribution in [0.1, 0.15) is 23.4 Å². The fraction of sp³-hybridized carbons (Fsp3) is 0.222. The van der Waals surface area contributed by atoms with Gasteiger partial charge in [-0.15, -0.1) is 11.3 Å². The van der Waals surface area contributed by atoms with Gasteiger partial charge >= 0.3 is 0 Å². The number of benzene rings is 2. The maximum Gasteiger partial charge on any atom is 0.129 e. The van der Waals surface area contributed by atoms with Gasteiger partial charge in [-0.05, 0) is 28.9 Å². The van der Waals surface area contributed by atoms with E-state index in [1.165, 1.54) is 21.2 Å². The Bertz CT molecular complexity index is 729. The summed E-state index contributed by atoms with van der Waals surface area (Å²) in [6.07, 6.45) is 0. The molecule has 2 nitrogen and oxygen atoms in total. The summed E-state index contributed by atoms with van der Waals surface area (Å²) in [5.41, 5.74) is 1.32. The van der Waals surface area contributed by atoms with E-state index in [1.807, 2.05) is 0 Å². The highest BCUT2D eigenvalue weighted by Crippen LogP contribution is 2.34. The van der Waals surface area contributed by atoms with E-state index in [0.29, 0.717) is 0 Å². The molecular formula is C18H19NOS. The van der Waals surface area contributed by atoms with Gasteiger partial charge in [-0.2, -0.15) is 0 Å². The minimum absolute atomic E-state index is 0.204. The maximum atomic E-state index is 5.33. The van der Waals surface area contributed by atoms with E-state index in [2.05, 4.69) is 66.2 Å². The lowest BCUT2D eigenvalue weighted by Gasteiger charge is -2.19. The monoisotopic (exact) mass is 297 g/mol. The van der Waals surface area contributed by atoms with Crippen molar-refractivity contribution in [3.8, 4) is 5.75 Å². The van der Waals surface area contributed by atoms with Crippen LogP contribution in [0.5, 0.6) is 5.75 Å². The Balaban J connectivity index is 2.11. The molecule has 1 heterocycles. The molecule has 1 atom stereocenters. The lowest BCUT2D eigenvalue weighted by Crippen LogP contribution is -2.21. The van der Waals surface area contributed by atoms with Gasteiger partial charge in [0.2, 0.25) is 0 Å². The van der Waals surface area contributed by atoms with Crippen LogP contribution >= 0.6 is 11.3 Å². The second kappa shape index (κ2) is 6.29. The molecule has 0 radical (unpaired) electrons. The van der Waals surface area contributed by atoms with E-state index in [4.69, 9.17) is 4.74 Å². The van der Waals surface area contributed by atoms with Crippen molar-refractivity contribution >= 4 is 22.1 Å². The smallest absolute Gasteiger partial charge is 0.129 e. The summed E-state index contributed by atoms with van der Waals surface area (Å²) in [6.45, 7) is 3.07. The van der Waals surface area contributed by atoms with Gasteiger partial charge in [0.15, 0.2) is 0 Å². The minimum Gasteiger partial charge on any atom is -0.496 e. The molecule has 2 aromatic carbocycles. The summed E-state index contributed by atoms with van der Waals surface area (Å²) in [5, 5.41) is 8.24. The lowest BCUT2D eigenvalue weighted by molar-refractivity contribution is 0.416. The van der Waals surface area contributed by atoms with Crippen LogP contribution in [0.15, 0.2) is 53.9 Å². The van der Waals surface area contributed by atoms with E-state index in [1.54, 1.807) is 18.4 Å². The third kappa shape index (κ3) is 2.80. The van der Waals surface area contributed by atoms with Crippen LogP contribution in [0, 0.1) is 0 Å². The number of fused-ring (bicyclic) bond motifs is 1. The van der Waals surface area contributed by atoms with Gasteiger partial charge in [-0.3, -0.25) is 0 Å². The Morgan fingerprint density at radius 2 is 1.95 bits per heavy atom. The van der Waals surface area contributed by atoms with Crippen LogP contribution in [0.4, 0.5) is 0 Å². The highest BCUT2D eigenvalue weighted by Gasteiger charge is 2.17. The van der Waals surface area contributed by atoms with E-state index in [9.17, 15) is 0 Å². The van der Waals surface area contributed by atoms with Crippen molar-refractivity contribution in [3.05, 3.63) is 64.4 Å². The molecule has 1 N–H and O–H groups in total. The van der Waals surface area contributed by atoms with Crippen LogP contribution in [-0.2, 0) is 0 Å². The number of methoxy groups -OCH3 is 1. The first kappa shape index (κ1) is 14.1. The molecule has 1 aromatic heterocycles. The number of nitrogens with one attached hydrogen (secondary N) is 1. The largest absolute Gasteiger partial charge is 0.496 e. The summed E-state index contributed by atoms with van der Waals surface area (Å²) in [5.74, 6) is 0.929. The Morgan fingerprint density at radius 1 is 1.14 bits per heavy atom. The Hall–Kier alpha value is -1.84. The van der Waals surface area contributed by atoms with Gasteiger partial charge in [0.05, 0.1) is 13.2 Å². The van der Waals surface area contributed by atoms with E-state index < -0.39 is 0 Å². The zero-order chi connectivity index (χ0) is 14.7. The zero-order valence-corrected chi connectivity index (χ0v) is 13.1. The number of thiophene rings is 1. The van der Waals surface area contributed by atoms with Crippen LogP contribution < -0.4 is 10.1 Å². The number of ether oxygens (including phenoxy) is 1. The van der Waals surface area contributed by atoms with Crippen molar-refractivity contribution in [2.45, 2.75) is 13.0 Å². The Labute approximate surface area is 129 Å². The molecule has 21 heavy (non-hydrogen) atoms. The summed E-state index contributed by atoms with van der Waals surface area (Å²) in [7, 11) is 1.71. The summed E-state index contributed by atoms with van der Waals surface area (Å²) >= 11 is 1.74. The van der Waals surface area contributed by atoms with E-state index in [0.717, 1.165) is 12.3 Å². The fourth-order valence-corrected chi connectivity index (χ4v) is 3.61.